The number of rotatable bonds is 4. The van der Waals surface area contributed by atoms with Crippen LogP contribution in [0.15, 0.2) is 48.5 Å². The molecule has 0 unspecified atom stereocenters. The van der Waals surface area contributed by atoms with E-state index in [1.54, 1.807) is 17.0 Å². The van der Waals surface area contributed by atoms with E-state index in [1.165, 1.54) is 0 Å². The largest absolute Gasteiger partial charge is 0.352 e. The molecule has 1 N–H and O–H groups in total. The molecule has 2 aromatic rings. The summed E-state index contributed by atoms with van der Waals surface area (Å²) in [4.78, 5) is 26.2. The molecular formula is C19H19ClN2O2. The van der Waals surface area contributed by atoms with E-state index < -0.39 is 0 Å². The van der Waals surface area contributed by atoms with Crippen molar-refractivity contribution >= 4 is 29.1 Å². The Bertz CT molecular complexity index is 775. The number of hydrogen-bond acceptors (Lipinski definition) is 2. The second-order valence-electron chi connectivity index (χ2n) is 6.06. The highest BCUT2D eigenvalue weighted by atomic mass is 35.5. The number of aryl methyl sites for hydroxylation is 1. The standard InChI is InChI=1S/C19H19ClN2O2/c1-13-5-4-6-14(9-13)11-21-19(24)15-10-18(23)22(12-15)17-8-3-2-7-16(17)20/h2-9,15H,10-12H2,1H3,(H,21,24)/t15-/m1/s1. The number of anilines is 1. The quantitative estimate of drug-likeness (QED) is 0.926. The number of para-hydroxylation sites is 1. The van der Waals surface area contributed by atoms with Gasteiger partial charge in [-0.3, -0.25) is 9.59 Å². The average Bonchev–Trinajstić information content (AvgIpc) is 2.95. The van der Waals surface area contributed by atoms with Crippen LogP contribution < -0.4 is 10.2 Å². The minimum Gasteiger partial charge on any atom is -0.352 e. The summed E-state index contributed by atoms with van der Waals surface area (Å²) in [6.45, 7) is 2.85. The van der Waals surface area contributed by atoms with Crippen LogP contribution in [0.4, 0.5) is 5.69 Å². The SMILES string of the molecule is Cc1cccc(CNC(=O)[C@@H]2CC(=O)N(c3ccccc3Cl)C2)c1. The van der Waals surface area contributed by atoms with E-state index in [0.29, 0.717) is 23.8 Å². The predicted molar refractivity (Wildman–Crippen MR) is 94.9 cm³/mol. The van der Waals surface area contributed by atoms with Crippen molar-refractivity contribution in [1.29, 1.82) is 0 Å². The minimum absolute atomic E-state index is 0.0706. The Hall–Kier alpha value is -2.33. The molecule has 1 atom stereocenters. The van der Waals surface area contributed by atoms with Gasteiger partial charge in [0.25, 0.3) is 0 Å². The first-order valence-electron chi connectivity index (χ1n) is 7.93. The molecule has 5 heteroatoms. The molecular weight excluding hydrogens is 324 g/mol. The van der Waals surface area contributed by atoms with Crippen molar-refractivity contribution in [3.05, 3.63) is 64.7 Å². The number of nitrogens with one attached hydrogen (secondary N) is 1. The lowest BCUT2D eigenvalue weighted by molar-refractivity contribution is -0.126. The van der Waals surface area contributed by atoms with Gasteiger partial charge >= 0.3 is 0 Å². The van der Waals surface area contributed by atoms with Gasteiger partial charge in [-0.1, -0.05) is 53.6 Å². The third-order valence-corrected chi connectivity index (χ3v) is 4.51. The summed E-state index contributed by atoms with van der Waals surface area (Å²) in [5.74, 6) is -0.517. The highest BCUT2D eigenvalue weighted by Gasteiger charge is 2.35. The summed E-state index contributed by atoms with van der Waals surface area (Å²) < 4.78 is 0. The molecule has 0 saturated carbocycles. The number of carbonyl (C=O) groups excluding carboxylic acids is 2. The van der Waals surface area contributed by atoms with E-state index in [1.807, 2.05) is 43.3 Å². The second-order valence-corrected chi connectivity index (χ2v) is 6.47. The van der Waals surface area contributed by atoms with Crippen LogP contribution in [0.25, 0.3) is 0 Å². The summed E-state index contributed by atoms with van der Waals surface area (Å²) in [5, 5.41) is 3.44. The molecule has 1 saturated heterocycles. The molecule has 0 aliphatic carbocycles. The van der Waals surface area contributed by atoms with Crippen LogP contribution in [0.2, 0.25) is 5.02 Å². The second kappa shape index (κ2) is 7.05. The van der Waals surface area contributed by atoms with E-state index in [-0.39, 0.29) is 24.2 Å². The fraction of sp³-hybridized carbons (Fsp3) is 0.263. The highest BCUT2D eigenvalue weighted by molar-refractivity contribution is 6.33. The van der Waals surface area contributed by atoms with Crippen LogP contribution in [0, 0.1) is 12.8 Å². The molecule has 4 nitrogen and oxygen atoms in total. The summed E-state index contributed by atoms with van der Waals surface area (Å²) in [7, 11) is 0. The van der Waals surface area contributed by atoms with Gasteiger partial charge in [0.2, 0.25) is 11.8 Å². The number of nitrogens with zero attached hydrogens (tertiary/aromatic N) is 1. The lowest BCUT2D eigenvalue weighted by Crippen LogP contribution is -2.32. The Kier molecular flexibility index (Phi) is 4.86. The monoisotopic (exact) mass is 342 g/mol. The maximum atomic E-state index is 12.4. The number of benzene rings is 2. The Labute approximate surface area is 146 Å². The maximum Gasteiger partial charge on any atom is 0.227 e. The van der Waals surface area contributed by atoms with E-state index in [9.17, 15) is 9.59 Å². The Morgan fingerprint density at radius 3 is 2.79 bits per heavy atom. The molecule has 24 heavy (non-hydrogen) atoms. The third kappa shape index (κ3) is 3.60. The molecule has 2 amide bonds. The zero-order valence-electron chi connectivity index (χ0n) is 13.5. The molecule has 124 valence electrons. The van der Waals surface area contributed by atoms with E-state index in [4.69, 9.17) is 11.6 Å². The van der Waals surface area contributed by atoms with Crippen LogP contribution in [0.5, 0.6) is 0 Å². The van der Waals surface area contributed by atoms with Crippen molar-refractivity contribution in [2.75, 3.05) is 11.4 Å². The Morgan fingerprint density at radius 2 is 2.04 bits per heavy atom. The molecule has 0 spiro atoms. The molecule has 2 aromatic carbocycles. The molecule has 0 aromatic heterocycles. The minimum atomic E-state index is -0.349. The first kappa shape index (κ1) is 16.5. The van der Waals surface area contributed by atoms with Crippen LogP contribution in [-0.4, -0.2) is 18.4 Å². The number of carbonyl (C=O) groups is 2. The van der Waals surface area contributed by atoms with E-state index >= 15 is 0 Å². The van der Waals surface area contributed by atoms with Crippen molar-refractivity contribution in [3.63, 3.8) is 0 Å². The summed E-state index contributed by atoms with van der Waals surface area (Å²) >= 11 is 6.16. The molecule has 0 bridgehead atoms. The molecule has 1 fully saturated rings. The topological polar surface area (TPSA) is 49.4 Å². The van der Waals surface area contributed by atoms with E-state index in [2.05, 4.69) is 5.32 Å². The molecule has 0 radical (unpaired) electrons. The lowest BCUT2D eigenvalue weighted by atomic mass is 10.1. The van der Waals surface area contributed by atoms with Gasteiger partial charge < -0.3 is 10.2 Å². The smallest absolute Gasteiger partial charge is 0.227 e. The normalized spacial score (nSPS) is 17.2. The number of amides is 2. The van der Waals surface area contributed by atoms with Crippen molar-refractivity contribution < 1.29 is 9.59 Å². The Morgan fingerprint density at radius 1 is 1.25 bits per heavy atom. The summed E-state index contributed by atoms with van der Waals surface area (Å²) in [6.07, 6.45) is 0.213. The number of halogens is 1. The van der Waals surface area contributed by atoms with Crippen LogP contribution in [0.3, 0.4) is 0 Å². The van der Waals surface area contributed by atoms with Crippen molar-refractivity contribution in [3.8, 4) is 0 Å². The fourth-order valence-corrected chi connectivity index (χ4v) is 3.18. The van der Waals surface area contributed by atoms with Gasteiger partial charge in [0.05, 0.1) is 16.6 Å². The number of hydrogen-bond donors (Lipinski definition) is 1. The predicted octanol–water partition coefficient (Wildman–Crippen LogP) is 3.32. The molecule has 1 aliphatic heterocycles. The summed E-state index contributed by atoms with van der Waals surface area (Å²) in [5.41, 5.74) is 2.87. The first-order valence-corrected chi connectivity index (χ1v) is 8.30. The van der Waals surface area contributed by atoms with Crippen molar-refractivity contribution in [2.45, 2.75) is 19.9 Å². The van der Waals surface area contributed by atoms with Crippen LogP contribution >= 0.6 is 11.6 Å². The van der Waals surface area contributed by atoms with Crippen molar-refractivity contribution in [1.82, 2.24) is 5.32 Å². The third-order valence-electron chi connectivity index (χ3n) is 4.19. The average molecular weight is 343 g/mol. The fourth-order valence-electron chi connectivity index (χ4n) is 2.94. The van der Waals surface area contributed by atoms with Gasteiger partial charge in [-0.25, -0.2) is 0 Å². The van der Waals surface area contributed by atoms with Gasteiger partial charge in [-0.2, -0.15) is 0 Å². The van der Waals surface area contributed by atoms with Crippen LogP contribution in [-0.2, 0) is 16.1 Å². The van der Waals surface area contributed by atoms with Crippen LogP contribution in [0.1, 0.15) is 17.5 Å². The zero-order valence-corrected chi connectivity index (χ0v) is 14.2. The van der Waals surface area contributed by atoms with Gasteiger partial charge in [-0.15, -0.1) is 0 Å². The maximum absolute atomic E-state index is 12.4. The van der Waals surface area contributed by atoms with Crippen molar-refractivity contribution in [2.24, 2.45) is 5.92 Å². The zero-order chi connectivity index (χ0) is 17.1. The Balaban J connectivity index is 1.63. The van der Waals surface area contributed by atoms with Gasteiger partial charge in [0.15, 0.2) is 0 Å². The summed E-state index contributed by atoms with van der Waals surface area (Å²) in [6, 6.07) is 15.2. The van der Waals surface area contributed by atoms with Gasteiger partial charge in [0, 0.05) is 19.5 Å². The lowest BCUT2D eigenvalue weighted by Gasteiger charge is -2.18. The van der Waals surface area contributed by atoms with E-state index in [0.717, 1.165) is 11.1 Å². The first-order chi connectivity index (χ1) is 11.5. The molecule has 1 heterocycles. The van der Waals surface area contributed by atoms with Gasteiger partial charge in [0.1, 0.15) is 0 Å². The molecule has 3 rings (SSSR count). The highest BCUT2D eigenvalue weighted by Crippen LogP contribution is 2.31. The molecule has 1 aliphatic rings. The van der Waals surface area contributed by atoms with Gasteiger partial charge in [-0.05, 0) is 24.6 Å².